The molecule has 0 aromatic carbocycles. The molecule has 0 amide bonds. The van der Waals surface area contributed by atoms with Gasteiger partial charge in [0.25, 0.3) is 0 Å². The Hall–Kier alpha value is -0.800. The Morgan fingerprint density at radius 3 is 2.67 bits per heavy atom. The summed E-state index contributed by atoms with van der Waals surface area (Å²) in [5, 5.41) is 3.94. The molecule has 1 heterocycles. The highest BCUT2D eigenvalue weighted by Crippen LogP contribution is 2.23. The smallest absolute Gasteiger partial charge is 0.232 e. The number of rotatable bonds is 7. The minimum atomic E-state index is 0.139. The van der Waals surface area contributed by atoms with Crippen LogP contribution in [0.4, 0.5) is 0 Å². The van der Waals surface area contributed by atoms with E-state index in [-0.39, 0.29) is 6.10 Å². The number of ether oxygens (including phenoxy) is 1. The van der Waals surface area contributed by atoms with E-state index in [1.54, 1.807) is 0 Å². The van der Waals surface area contributed by atoms with Crippen LogP contribution in [0.15, 0.2) is 12.3 Å². The Morgan fingerprint density at radius 1 is 1.39 bits per heavy atom. The predicted molar refractivity (Wildman–Crippen MR) is 76.2 cm³/mol. The van der Waals surface area contributed by atoms with Gasteiger partial charge in [-0.2, -0.15) is 0 Å². The van der Waals surface area contributed by atoms with Crippen molar-refractivity contribution in [2.45, 2.75) is 46.8 Å². The van der Waals surface area contributed by atoms with Crippen LogP contribution in [0, 0.1) is 5.92 Å². The van der Waals surface area contributed by atoms with Crippen LogP contribution in [0.3, 0.4) is 0 Å². The van der Waals surface area contributed by atoms with Crippen LogP contribution in [0.2, 0.25) is 5.02 Å². The van der Waals surface area contributed by atoms with Crippen molar-refractivity contribution >= 4 is 11.6 Å². The summed E-state index contributed by atoms with van der Waals surface area (Å²) in [5.41, 5.74) is 1.08. The number of pyridine rings is 1. The number of nitrogens with one attached hydrogen (secondary N) is 1. The molecule has 1 N–H and O–H groups in total. The molecule has 1 rings (SSSR count). The first-order chi connectivity index (χ1) is 8.52. The summed E-state index contributed by atoms with van der Waals surface area (Å²) in [5.74, 6) is 1.17. The molecule has 18 heavy (non-hydrogen) atoms. The molecule has 0 bridgehead atoms. The number of hydrogen-bond donors (Lipinski definition) is 1. The summed E-state index contributed by atoms with van der Waals surface area (Å²) < 4.78 is 5.63. The second-order valence-electron chi connectivity index (χ2n) is 4.99. The summed E-state index contributed by atoms with van der Waals surface area (Å²) >= 11 is 6.16. The molecule has 1 aromatic rings. The minimum absolute atomic E-state index is 0.139. The topological polar surface area (TPSA) is 34.1 Å². The SMILES string of the molecule is CCC(C)Oc1ncc(CNCC(C)C)cc1Cl. The fourth-order valence-corrected chi connectivity index (χ4v) is 1.66. The quantitative estimate of drug-likeness (QED) is 0.821. The third-order valence-electron chi connectivity index (χ3n) is 2.63. The summed E-state index contributed by atoms with van der Waals surface area (Å²) in [6, 6.07) is 1.92. The highest BCUT2D eigenvalue weighted by Gasteiger charge is 2.08. The van der Waals surface area contributed by atoms with E-state index in [0.717, 1.165) is 25.1 Å². The lowest BCUT2D eigenvalue weighted by atomic mass is 10.2. The van der Waals surface area contributed by atoms with E-state index in [2.05, 4.69) is 31.1 Å². The van der Waals surface area contributed by atoms with E-state index < -0.39 is 0 Å². The lowest BCUT2D eigenvalue weighted by Gasteiger charge is -2.13. The molecule has 102 valence electrons. The summed E-state index contributed by atoms with van der Waals surface area (Å²) in [7, 11) is 0. The molecule has 3 nitrogen and oxygen atoms in total. The highest BCUT2D eigenvalue weighted by atomic mass is 35.5. The maximum Gasteiger partial charge on any atom is 0.232 e. The second kappa shape index (κ2) is 7.59. The van der Waals surface area contributed by atoms with Crippen molar-refractivity contribution in [3.05, 3.63) is 22.8 Å². The summed E-state index contributed by atoms with van der Waals surface area (Å²) in [6.07, 6.45) is 2.90. The molecule has 0 saturated carbocycles. The fourth-order valence-electron chi connectivity index (χ4n) is 1.43. The Morgan fingerprint density at radius 2 is 2.11 bits per heavy atom. The van der Waals surface area contributed by atoms with Gasteiger partial charge in [-0.1, -0.05) is 32.4 Å². The summed E-state index contributed by atoms with van der Waals surface area (Å²) in [6.45, 7) is 10.2. The van der Waals surface area contributed by atoms with Crippen molar-refractivity contribution in [1.29, 1.82) is 0 Å². The normalized spacial score (nSPS) is 12.8. The molecule has 1 aromatic heterocycles. The van der Waals surface area contributed by atoms with E-state index in [1.165, 1.54) is 0 Å². The van der Waals surface area contributed by atoms with Gasteiger partial charge in [-0.3, -0.25) is 0 Å². The maximum absolute atomic E-state index is 6.16. The Labute approximate surface area is 115 Å². The molecule has 0 spiro atoms. The molecule has 1 atom stereocenters. The molecule has 4 heteroatoms. The summed E-state index contributed by atoms with van der Waals surface area (Å²) in [4.78, 5) is 4.27. The largest absolute Gasteiger partial charge is 0.474 e. The fraction of sp³-hybridized carbons (Fsp3) is 0.643. The Bertz CT molecular complexity index is 369. The lowest BCUT2D eigenvalue weighted by Crippen LogP contribution is -2.19. The van der Waals surface area contributed by atoms with Crippen molar-refractivity contribution < 1.29 is 4.74 Å². The maximum atomic E-state index is 6.16. The first-order valence-electron chi connectivity index (χ1n) is 6.54. The number of hydrogen-bond acceptors (Lipinski definition) is 3. The van der Waals surface area contributed by atoms with Gasteiger partial charge < -0.3 is 10.1 Å². The monoisotopic (exact) mass is 270 g/mol. The van der Waals surface area contributed by atoms with Gasteiger partial charge in [0, 0.05) is 12.7 Å². The minimum Gasteiger partial charge on any atom is -0.474 e. The average Bonchev–Trinajstić information content (AvgIpc) is 2.32. The molecule has 0 fully saturated rings. The zero-order valence-electron chi connectivity index (χ0n) is 11.7. The van der Waals surface area contributed by atoms with Crippen molar-refractivity contribution in [2.75, 3.05) is 6.54 Å². The first kappa shape index (κ1) is 15.3. The number of nitrogens with zero attached hydrogens (tertiary/aromatic N) is 1. The van der Waals surface area contributed by atoms with Crippen molar-refractivity contribution in [3.63, 3.8) is 0 Å². The standard InChI is InChI=1S/C14H23ClN2O/c1-5-11(4)18-14-13(15)6-12(9-17-14)8-16-7-10(2)3/h6,9-11,16H,5,7-8H2,1-4H3. The lowest BCUT2D eigenvalue weighted by molar-refractivity contribution is 0.208. The zero-order valence-corrected chi connectivity index (χ0v) is 12.4. The third-order valence-corrected chi connectivity index (χ3v) is 2.90. The molecule has 1 unspecified atom stereocenters. The first-order valence-corrected chi connectivity index (χ1v) is 6.92. The van der Waals surface area contributed by atoms with Gasteiger partial charge in [0.05, 0.1) is 6.10 Å². The van der Waals surface area contributed by atoms with Crippen LogP contribution < -0.4 is 10.1 Å². The van der Waals surface area contributed by atoms with Crippen LogP contribution in [0.5, 0.6) is 5.88 Å². The third kappa shape index (κ3) is 5.23. The van der Waals surface area contributed by atoms with Crippen molar-refractivity contribution in [2.24, 2.45) is 5.92 Å². The van der Waals surface area contributed by atoms with Crippen LogP contribution in [0.25, 0.3) is 0 Å². The van der Waals surface area contributed by atoms with E-state index in [0.29, 0.717) is 16.8 Å². The van der Waals surface area contributed by atoms with Crippen LogP contribution in [-0.4, -0.2) is 17.6 Å². The molecule has 0 aliphatic rings. The van der Waals surface area contributed by atoms with E-state index in [4.69, 9.17) is 16.3 Å². The number of halogens is 1. The van der Waals surface area contributed by atoms with E-state index >= 15 is 0 Å². The second-order valence-corrected chi connectivity index (χ2v) is 5.40. The van der Waals surface area contributed by atoms with Gasteiger partial charge in [-0.05, 0) is 37.4 Å². The number of aromatic nitrogens is 1. The van der Waals surface area contributed by atoms with Gasteiger partial charge in [0.2, 0.25) is 5.88 Å². The molecule has 0 radical (unpaired) electrons. The van der Waals surface area contributed by atoms with Gasteiger partial charge >= 0.3 is 0 Å². The van der Waals surface area contributed by atoms with E-state index in [1.807, 2.05) is 19.2 Å². The molecular weight excluding hydrogens is 248 g/mol. The van der Waals surface area contributed by atoms with Gasteiger partial charge in [0.15, 0.2) is 0 Å². The van der Waals surface area contributed by atoms with Crippen LogP contribution in [0.1, 0.15) is 39.7 Å². The molecular formula is C14H23ClN2O. The molecule has 0 saturated heterocycles. The van der Waals surface area contributed by atoms with E-state index in [9.17, 15) is 0 Å². The van der Waals surface area contributed by atoms with Gasteiger partial charge in [-0.25, -0.2) is 4.98 Å². The zero-order chi connectivity index (χ0) is 13.5. The molecule has 0 aliphatic carbocycles. The Kier molecular flexibility index (Phi) is 6.44. The van der Waals surface area contributed by atoms with Gasteiger partial charge in [0.1, 0.15) is 5.02 Å². The Balaban J connectivity index is 2.56. The predicted octanol–water partition coefficient (Wildman–Crippen LogP) is 3.66. The average molecular weight is 271 g/mol. The van der Waals surface area contributed by atoms with Crippen molar-refractivity contribution in [1.82, 2.24) is 10.3 Å². The van der Waals surface area contributed by atoms with Gasteiger partial charge in [-0.15, -0.1) is 0 Å². The highest BCUT2D eigenvalue weighted by molar-refractivity contribution is 6.31. The molecule has 0 aliphatic heterocycles. The van der Waals surface area contributed by atoms with Crippen LogP contribution in [-0.2, 0) is 6.54 Å². The van der Waals surface area contributed by atoms with Crippen LogP contribution >= 0.6 is 11.6 Å². The van der Waals surface area contributed by atoms with Crippen molar-refractivity contribution in [3.8, 4) is 5.88 Å².